The minimum Gasteiger partial charge on any atom is -0.342 e. The summed E-state index contributed by atoms with van der Waals surface area (Å²) in [6, 6.07) is -0.459. The van der Waals surface area contributed by atoms with Crippen LogP contribution >= 0.6 is 0 Å². The van der Waals surface area contributed by atoms with Crippen LogP contribution in [-0.2, 0) is 9.59 Å². The molecular formula is C15H24N2O2. The monoisotopic (exact) mass is 264 g/mol. The Kier molecular flexibility index (Phi) is 3.50. The fourth-order valence-electron chi connectivity index (χ4n) is 3.31. The van der Waals surface area contributed by atoms with E-state index in [2.05, 4.69) is 5.32 Å². The first kappa shape index (κ1) is 12.9. The Morgan fingerprint density at radius 1 is 1.21 bits per heavy atom. The molecule has 0 aromatic carbocycles. The first-order valence-electron chi connectivity index (χ1n) is 7.81. The van der Waals surface area contributed by atoms with Gasteiger partial charge in [0.15, 0.2) is 0 Å². The molecule has 1 N–H and O–H groups in total. The van der Waals surface area contributed by atoms with E-state index in [1.165, 1.54) is 19.3 Å². The maximum Gasteiger partial charge on any atom is 0.246 e. The molecule has 1 aliphatic heterocycles. The summed E-state index contributed by atoms with van der Waals surface area (Å²) in [6.07, 6.45) is 7.91. The summed E-state index contributed by atoms with van der Waals surface area (Å²) in [5.74, 6) is 1.43. The van der Waals surface area contributed by atoms with Gasteiger partial charge in [0.25, 0.3) is 0 Å². The minimum absolute atomic E-state index is 0.0626. The Hall–Kier alpha value is -1.06. The van der Waals surface area contributed by atoms with Crippen LogP contribution in [0, 0.1) is 11.8 Å². The number of carbonyl (C=O) groups excluding carboxylic acids is 2. The molecule has 4 heteroatoms. The maximum atomic E-state index is 12.6. The van der Waals surface area contributed by atoms with Gasteiger partial charge in [0, 0.05) is 6.54 Å². The average Bonchev–Trinajstić information content (AvgIpc) is 3.15. The van der Waals surface area contributed by atoms with Crippen LogP contribution in [-0.4, -0.2) is 35.3 Å². The highest BCUT2D eigenvalue weighted by Gasteiger charge is 2.46. The molecule has 4 nitrogen and oxygen atoms in total. The van der Waals surface area contributed by atoms with Crippen molar-refractivity contribution in [1.29, 1.82) is 0 Å². The summed E-state index contributed by atoms with van der Waals surface area (Å²) in [5.41, 5.74) is 0. The summed E-state index contributed by atoms with van der Waals surface area (Å²) in [5, 5.41) is 2.94. The number of amides is 2. The van der Waals surface area contributed by atoms with Crippen molar-refractivity contribution in [3.05, 3.63) is 0 Å². The van der Waals surface area contributed by atoms with Gasteiger partial charge >= 0.3 is 0 Å². The first-order valence-corrected chi connectivity index (χ1v) is 7.81. The van der Waals surface area contributed by atoms with E-state index >= 15 is 0 Å². The fourth-order valence-corrected chi connectivity index (χ4v) is 3.31. The lowest BCUT2D eigenvalue weighted by atomic mass is 9.82. The molecular weight excluding hydrogens is 240 g/mol. The molecule has 2 atom stereocenters. The molecule has 0 aromatic rings. The molecule has 3 rings (SSSR count). The zero-order valence-corrected chi connectivity index (χ0v) is 11.7. The summed E-state index contributed by atoms with van der Waals surface area (Å²) < 4.78 is 0. The van der Waals surface area contributed by atoms with Crippen LogP contribution in [0.3, 0.4) is 0 Å². The number of hydrogen-bond donors (Lipinski definition) is 1. The zero-order chi connectivity index (χ0) is 13.4. The maximum absolute atomic E-state index is 12.6. The number of nitrogens with one attached hydrogen (secondary N) is 1. The summed E-state index contributed by atoms with van der Waals surface area (Å²) in [7, 11) is 0. The normalized spacial score (nSPS) is 32.2. The van der Waals surface area contributed by atoms with Gasteiger partial charge in [-0.05, 0) is 37.5 Å². The standard InChI is InChI=1S/C15H24N2O2/c1-2-12-14(18)16-13(11-6-7-11)15(19)17(12)9-8-10-4-3-5-10/h10-13H,2-9H2,1H3,(H,16,18). The van der Waals surface area contributed by atoms with E-state index in [-0.39, 0.29) is 23.9 Å². The molecule has 2 saturated carbocycles. The third-order valence-corrected chi connectivity index (χ3v) is 5.01. The molecule has 1 heterocycles. The highest BCUT2D eigenvalue weighted by Crippen LogP contribution is 2.36. The third kappa shape index (κ3) is 2.49. The Labute approximate surface area is 114 Å². The number of piperazine rings is 1. The van der Waals surface area contributed by atoms with E-state index in [1.807, 2.05) is 11.8 Å². The number of hydrogen-bond acceptors (Lipinski definition) is 2. The van der Waals surface area contributed by atoms with Gasteiger partial charge < -0.3 is 10.2 Å². The molecule has 2 amide bonds. The molecule has 0 aromatic heterocycles. The highest BCUT2D eigenvalue weighted by atomic mass is 16.2. The van der Waals surface area contributed by atoms with Gasteiger partial charge in [-0.3, -0.25) is 9.59 Å². The van der Waals surface area contributed by atoms with Crippen LogP contribution in [0.1, 0.15) is 51.9 Å². The van der Waals surface area contributed by atoms with Crippen molar-refractivity contribution in [3.8, 4) is 0 Å². The second kappa shape index (κ2) is 5.14. The van der Waals surface area contributed by atoms with Crippen molar-refractivity contribution >= 4 is 11.8 Å². The van der Waals surface area contributed by atoms with E-state index in [0.29, 0.717) is 5.92 Å². The topological polar surface area (TPSA) is 49.4 Å². The van der Waals surface area contributed by atoms with Crippen molar-refractivity contribution in [3.63, 3.8) is 0 Å². The lowest BCUT2D eigenvalue weighted by Gasteiger charge is -2.40. The molecule has 19 heavy (non-hydrogen) atoms. The highest BCUT2D eigenvalue weighted by molar-refractivity contribution is 5.97. The van der Waals surface area contributed by atoms with Crippen LogP contribution in [0.5, 0.6) is 0 Å². The van der Waals surface area contributed by atoms with Crippen LogP contribution < -0.4 is 5.32 Å². The van der Waals surface area contributed by atoms with Crippen LogP contribution in [0.2, 0.25) is 0 Å². The molecule has 3 fully saturated rings. The lowest BCUT2D eigenvalue weighted by Crippen LogP contribution is -2.64. The smallest absolute Gasteiger partial charge is 0.246 e. The predicted octanol–water partition coefficient (Wildman–Crippen LogP) is 1.69. The Morgan fingerprint density at radius 3 is 2.47 bits per heavy atom. The number of carbonyl (C=O) groups is 2. The predicted molar refractivity (Wildman–Crippen MR) is 72.4 cm³/mol. The Morgan fingerprint density at radius 2 is 1.95 bits per heavy atom. The molecule has 3 aliphatic rings. The van der Waals surface area contributed by atoms with Gasteiger partial charge in [-0.15, -0.1) is 0 Å². The van der Waals surface area contributed by atoms with Gasteiger partial charge in [-0.2, -0.15) is 0 Å². The van der Waals surface area contributed by atoms with Crippen molar-refractivity contribution < 1.29 is 9.59 Å². The molecule has 0 radical (unpaired) electrons. The molecule has 2 aliphatic carbocycles. The van der Waals surface area contributed by atoms with E-state index in [0.717, 1.165) is 38.1 Å². The van der Waals surface area contributed by atoms with Gasteiger partial charge in [-0.1, -0.05) is 26.2 Å². The van der Waals surface area contributed by atoms with Crippen LogP contribution in [0.15, 0.2) is 0 Å². The minimum atomic E-state index is -0.234. The van der Waals surface area contributed by atoms with Crippen molar-refractivity contribution in [2.75, 3.05) is 6.54 Å². The van der Waals surface area contributed by atoms with E-state index < -0.39 is 0 Å². The van der Waals surface area contributed by atoms with Gasteiger partial charge in [0.1, 0.15) is 12.1 Å². The summed E-state index contributed by atoms with van der Waals surface area (Å²) >= 11 is 0. The molecule has 1 saturated heterocycles. The first-order chi connectivity index (χ1) is 9.20. The van der Waals surface area contributed by atoms with E-state index in [9.17, 15) is 9.59 Å². The quantitative estimate of drug-likeness (QED) is 0.821. The molecule has 106 valence electrons. The molecule has 0 spiro atoms. The number of rotatable bonds is 5. The summed E-state index contributed by atoms with van der Waals surface area (Å²) in [6.45, 7) is 2.77. The zero-order valence-electron chi connectivity index (χ0n) is 11.7. The van der Waals surface area contributed by atoms with E-state index in [4.69, 9.17) is 0 Å². The Balaban J connectivity index is 1.67. The van der Waals surface area contributed by atoms with Gasteiger partial charge in [0.2, 0.25) is 11.8 Å². The Bertz CT molecular complexity index is 374. The average molecular weight is 264 g/mol. The second-order valence-electron chi connectivity index (χ2n) is 6.36. The van der Waals surface area contributed by atoms with Crippen molar-refractivity contribution in [2.24, 2.45) is 11.8 Å². The third-order valence-electron chi connectivity index (χ3n) is 5.01. The van der Waals surface area contributed by atoms with Crippen LogP contribution in [0.4, 0.5) is 0 Å². The van der Waals surface area contributed by atoms with Gasteiger partial charge in [0.05, 0.1) is 0 Å². The lowest BCUT2D eigenvalue weighted by molar-refractivity contribution is -0.150. The van der Waals surface area contributed by atoms with E-state index in [1.54, 1.807) is 0 Å². The fraction of sp³-hybridized carbons (Fsp3) is 0.867. The number of nitrogens with zero attached hydrogens (tertiary/aromatic N) is 1. The molecule has 0 bridgehead atoms. The molecule has 2 unspecified atom stereocenters. The van der Waals surface area contributed by atoms with Crippen molar-refractivity contribution in [2.45, 2.75) is 64.0 Å². The SMILES string of the molecule is CCC1C(=O)NC(C2CC2)C(=O)N1CCC1CCC1. The summed E-state index contributed by atoms with van der Waals surface area (Å²) in [4.78, 5) is 26.6. The van der Waals surface area contributed by atoms with Gasteiger partial charge in [-0.25, -0.2) is 0 Å². The van der Waals surface area contributed by atoms with Crippen molar-refractivity contribution in [1.82, 2.24) is 10.2 Å². The van der Waals surface area contributed by atoms with Crippen LogP contribution in [0.25, 0.3) is 0 Å². The second-order valence-corrected chi connectivity index (χ2v) is 6.36. The largest absolute Gasteiger partial charge is 0.342 e.